The van der Waals surface area contributed by atoms with Crippen molar-refractivity contribution in [3.63, 3.8) is 0 Å². The molecule has 1 aliphatic heterocycles. The molecule has 1 saturated heterocycles. The molecule has 1 nitrogen and oxygen atoms in total. The zero-order chi connectivity index (χ0) is 22.3. The molecule has 5 saturated carbocycles. The number of rotatable bonds is 1. The van der Waals surface area contributed by atoms with Crippen LogP contribution >= 0.6 is 0 Å². The summed E-state index contributed by atoms with van der Waals surface area (Å²) < 4.78 is 6.89. The molecule has 0 unspecified atom stereocenters. The minimum atomic E-state index is 0.218. The molecule has 1 heterocycles. The number of hydrogen-bond donors (Lipinski definition) is 0. The van der Waals surface area contributed by atoms with Crippen LogP contribution in [0.3, 0.4) is 0 Å². The van der Waals surface area contributed by atoms with E-state index in [2.05, 4.69) is 55.4 Å². The van der Waals surface area contributed by atoms with Gasteiger partial charge < -0.3 is 4.74 Å². The van der Waals surface area contributed by atoms with Gasteiger partial charge in [0.1, 0.15) is 11.2 Å². The Morgan fingerprint density at radius 1 is 0.613 bits per heavy atom. The molecule has 31 heavy (non-hydrogen) atoms. The van der Waals surface area contributed by atoms with Crippen molar-refractivity contribution in [1.29, 1.82) is 0 Å². The van der Waals surface area contributed by atoms with Crippen LogP contribution in [-0.2, 0) is 4.74 Å². The quantitative estimate of drug-likeness (QED) is 0.383. The van der Waals surface area contributed by atoms with Crippen LogP contribution in [0, 0.1) is 50.7 Å². The lowest BCUT2D eigenvalue weighted by atomic mass is 9.32. The third-order valence-electron chi connectivity index (χ3n) is 14.2. The van der Waals surface area contributed by atoms with Crippen LogP contribution in [0.4, 0.5) is 0 Å². The first-order chi connectivity index (χ1) is 14.3. The highest BCUT2D eigenvalue weighted by atomic mass is 16.6. The molecule has 6 aliphatic rings. The smallest absolute Gasteiger partial charge is 0.104 e. The third kappa shape index (κ3) is 2.09. The van der Waals surface area contributed by atoms with Gasteiger partial charge in [-0.15, -0.1) is 0 Å². The highest BCUT2D eigenvalue weighted by molar-refractivity contribution is 5.34. The summed E-state index contributed by atoms with van der Waals surface area (Å²) in [5.41, 5.74) is 2.95. The van der Waals surface area contributed by atoms with Crippen LogP contribution in [0.1, 0.15) is 126 Å². The Bertz CT molecular complexity index is 798. The van der Waals surface area contributed by atoms with Crippen LogP contribution in [0.15, 0.2) is 0 Å². The number of fused-ring (bicyclic) bond motifs is 6. The van der Waals surface area contributed by atoms with E-state index >= 15 is 0 Å². The van der Waals surface area contributed by atoms with Crippen LogP contribution in [0.2, 0.25) is 0 Å². The zero-order valence-corrected chi connectivity index (χ0v) is 22.0. The molecule has 176 valence electrons. The average molecular weight is 427 g/mol. The summed E-state index contributed by atoms with van der Waals surface area (Å²) in [6.07, 6.45) is 15.8. The van der Waals surface area contributed by atoms with Gasteiger partial charge in [-0.1, -0.05) is 61.8 Å². The minimum absolute atomic E-state index is 0.218. The molecular weight excluding hydrogens is 376 g/mol. The van der Waals surface area contributed by atoms with Crippen LogP contribution in [0.25, 0.3) is 0 Å². The highest BCUT2D eigenvalue weighted by Gasteiger charge is 2.86. The predicted molar refractivity (Wildman–Crippen MR) is 129 cm³/mol. The van der Waals surface area contributed by atoms with Gasteiger partial charge in [-0.3, -0.25) is 0 Å². The van der Waals surface area contributed by atoms with Crippen molar-refractivity contribution in [3.8, 4) is 0 Å². The lowest BCUT2D eigenvalue weighted by Gasteiger charge is -2.73. The first kappa shape index (κ1) is 21.5. The fourth-order valence-electron chi connectivity index (χ4n) is 12.6. The standard InChI is InChI=1S/C30H50O/c1-20(2)29-18-16-28(8)23-11-10-22-25(5)14-9-13-24(3,4)21(25)12-15-26(22,6)27(23,7)17-19-30(28,29)31-29/h20-23H,9-19H2,1-8H3/t21-,22-,23+,25+,26-,27-,28-,29+,30+/m1/s1. The molecule has 6 fully saturated rings. The van der Waals surface area contributed by atoms with E-state index in [1.54, 1.807) is 0 Å². The second-order valence-electron chi connectivity index (χ2n) is 15.3. The predicted octanol–water partition coefficient (Wildman–Crippen LogP) is 8.41. The Kier molecular flexibility index (Phi) is 4.00. The Balaban J connectivity index is 1.40. The molecule has 1 spiro atoms. The summed E-state index contributed by atoms with van der Waals surface area (Å²) in [6.45, 7) is 21.1. The van der Waals surface area contributed by atoms with E-state index in [-0.39, 0.29) is 11.2 Å². The summed E-state index contributed by atoms with van der Waals surface area (Å²) in [5.74, 6) is 3.39. The third-order valence-corrected chi connectivity index (χ3v) is 14.2. The highest BCUT2D eigenvalue weighted by Crippen LogP contribution is 2.84. The summed E-state index contributed by atoms with van der Waals surface area (Å²) in [4.78, 5) is 0. The maximum absolute atomic E-state index is 6.89. The van der Waals surface area contributed by atoms with Gasteiger partial charge in [-0.05, 0) is 110 Å². The van der Waals surface area contributed by atoms with Gasteiger partial charge >= 0.3 is 0 Å². The SMILES string of the molecule is CC(C)[C@@]12CC[C@]3(C)[C@H]4CC[C@@H]5[C@@]6(C)CCCC(C)(C)[C@H]6CC[C@@]5(C)[C@]4(C)CC[C@@]13O2. The Hall–Kier alpha value is -0.0400. The van der Waals surface area contributed by atoms with Gasteiger partial charge in [0.15, 0.2) is 0 Å². The first-order valence-electron chi connectivity index (χ1n) is 14.0. The number of hydrogen-bond acceptors (Lipinski definition) is 1. The Labute approximate surface area is 192 Å². The monoisotopic (exact) mass is 426 g/mol. The van der Waals surface area contributed by atoms with E-state index in [9.17, 15) is 0 Å². The molecule has 0 aromatic carbocycles. The van der Waals surface area contributed by atoms with Gasteiger partial charge in [-0.25, -0.2) is 0 Å². The van der Waals surface area contributed by atoms with Gasteiger partial charge in [0.25, 0.3) is 0 Å². The first-order valence-corrected chi connectivity index (χ1v) is 14.0. The van der Waals surface area contributed by atoms with E-state index in [1.807, 2.05) is 0 Å². The van der Waals surface area contributed by atoms with Gasteiger partial charge in [0, 0.05) is 5.41 Å². The molecule has 0 amide bonds. The summed E-state index contributed by atoms with van der Waals surface area (Å²) in [7, 11) is 0. The largest absolute Gasteiger partial charge is 0.362 e. The zero-order valence-electron chi connectivity index (χ0n) is 22.0. The normalized spacial score (nSPS) is 61.6. The van der Waals surface area contributed by atoms with Crippen molar-refractivity contribution in [2.75, 3.05) is 0 Å². The topological polar surface area (TPSA) is 12.5 Å². The minimum Gasteiger partial charge on any atom is -0.362 e. The summed E-state index contributed by atoms with van der Waals surface area (Å²) >= 11 is 0. The lowest BCUT2D eigenvalue weighted by Crippen LogP contribution is -2.67. The van der Waals surface area contributed by atoms with Crippen molar-refractivity contribution in [2.45, 2.75) is 137 Å². The number of ether oxygens (including phenoxy) is 1. The van der Waals surface area contributed by atoms with E-state index < -0.39 is 0 Å². The van der Waals surface area contributed by atoms with E-state index in [1.165, 1.54) is 70.6 Å². The van der Waals surface area contributed by atoms with Crippen molar-refractivity contribution in [3.05, 3.63) is 0 Å². The van der Waals surface area contributed by atoms with Crippen molar-refractivity contribution in [2.24, 2.45) is 50.7 Å². The van der Waals surface area contributed by atoms with Crippen LogP contribution in [0.5, 0.6) is 0 Å². The van der Waals surface area contributed by atoms with Crippen LogP contribution in [-0.4, -0.2) is 11.2 Å². The molecule has 0 radical (unpaired) electrons. The van der Waals surface area contributed by atoms with Gasteiger partial charge in [0.05, 0.1) is 0 Å². The van der Waals surface area contributed by atoms with Gasteiger partial charge in [-0.2, -0.15) is 0 Å². The van der Waals surface area contributed by atoms with Crippen molar-refractivity contribution >= 4 is 0 Å². The maximum Gasteiger partial charge on any atom is 0.104 e. The molecular formula is C30H50O. The summed E-state index contributed by atoms with van der Waals surface area (Å²) in [6, 6.07) is 0. The molecule has 5 aliphatic carbocycles. The molecule has 9 atom stereocenters. The number of epoxide rings is 1. The Morgan fingerprint density at radius 2 is 1.26 bits per heavy atom. The van der Waals surface area contributed by atoms with E-state index in [0.29, 0.717) is 33.0 Å². The molecule has 0 aromatic heterocycles. The van der Waals surface area contributed by atoms with Gasteiger partial charge in [0.2, 0.25) is 0 Å². The molecule has 0 N–H and O–H groups in total. The van der Waals surface area contributed by atoms with E-state index in [0.717, 1.165) is 17.8 Å². The fourth-order valence-corrected chi connectivity index (χ4v) is 12.6. The van der Waals surface area contributed by atoms with Crippen molar-refractivity contribution in [1.82, 2.24) is 0 Å². The maximum atomic E-state index is 6.89. The molecule has 1 heteroatoms. The second kappa shape index (κ2) is 5.78. The average Bonchev–Trinajstić information content (AvgIpc) is 3.28. The Morgan fingerprint density at radius 3 is 1.94 bits per heavy atom. The molecule has 6 rings (SSSR count). The van der Waals surface area contributed by atoms with E-state index in [4.69, 9.17) is 4.74 Å². The lowest BCUT2D eigenvalue weighted by molar-refractivity contribution is -0.244. The van der Waals surface area contributed by atoms with Crippen molar-refractivity contribution < 1.29 is 4.74 Å². The van der Waals surface area contributed by atoms with Crippen LogP contribution < -0.4 is 0 Å². The molecule has 0 bridgehead atoms. The summed E-state index contributed by atoms with van der Waals surface area (Å²) in [5, 5.41) is 0. The molecule has 0 aromatic rings. The fraction of sp³-hybridized carbons (Fsp3) is 1.00. The second-order valence-corrected chi connectivity index (χ2v) is 15.3.